The van der Waals surface area contributed by atoms with Crippen LogP contribution in [0.1, 0.15) is 13.8 Å². The van der Waals surface area contributed by atoms with Gasteiger partial charge in [-0.05, 0) is 17.5 Å². The predicted octanol–water partition coefficient (Wildman–Crippen LogP) is 1.11. The maximum absolute atomic E-state index is 13.1. The van der Waals surface area contributed by atoms with Crippen molar-refractivity contribution in [3.63, 3.8) is 0 Å². The number of alkyl halides is 3. The highest BCUT2D eigenvalue weighted by Gasteiger charge is 2.45. The number of H-pyrrole nitrogens is 2. The second kappa shape index (κ2) is 9.06. The molecule has 3 rings (SSSR count). The molecule has 4 N–H and O–H groups in total. The van der Waals surface area contributed by atoms with Gasteiger partial charge in [-0.25, -0.2) is 4.79 Å². The standard InChI is InChI=1S/C21H21F3N4O5/c1-10(2)15(17(30)21(22,23)24)25-14(29)9-28-13(11-6-4-3-5-7-11)8-12-16(19(28)32)26-20(33)27-18(12)31/h3-8,10,15,17,30H,9H2,1-2H3,(H,25,29)(H2,26,27,31,33). The van der Waals surface area contributed by atoms with E-state index in [4.69, 9.17) is 0 Å². The highest BCUT2D eigenvalue weighted by Crippen LogP contribution is 2.25. The first-order valence-electron chi connectivity index (χ1n) is 9.90. The molecular formula is C21H21F3N4O5. The second-order valence-electron chi connectivity index (χ2n) is 7.81. The molecule has 176 valence electrons. The summed E-state index contributed by atoms with van der Waals surface area (Å²) in [4.78, 5) is 53.9. The molecule has 9 nitrogen and oxygen atoms in total. The van der Waals surface area contributed by atoms with E-state index >= 15 is 0 Å². The fourth-order valence-corrected chi connectivity index (χ4v) is 3.46. The molecule has 0 saturated carbocycles. The van der Waals surface area contributed by atoms with Gasteiger partial charge in [-0.3, -0.25) is 23.9 Å². The summed E-state index contributed by atoms with van der Waals surface area (Å²) in [5, 5.41) is 11.7. The highest BCUT2D eigenvalue weighted by atomic mass is 19.4. The number of carbonyl (C=O) groups is 1. The molecule has 0 aliphatic heterocycles. The Bertz CT molecular complexity index is 1340. The molecule has 2 atom stereocenters. The van der Waals surface area contributed by atoms with Gasteiger partial charge in [0.1, 0.15) is 12.1 Å². The lowest BCUT2D eigenvalue weighted by Gasteiger charge is -2.29. The molecule has 12 heteroatoms. The van der Waals surface area contributed by atoms with Crippen molar-refractivity contribution in [3.8, 4) is 11.3 Å². The summed E-state index contributed by atoms with van der Waals surface area (Å²) < 4.78 is 40.0. The summed E-state index contributed by atoms with van der Waals surface area (Å²) in [5.41, 5.74) is -2.40. The summed E-state index contributed by atoms with van der Waals surface area (Å²) in [5.74, 6) is -1.75. The van der Waals surface area contributed by atoms with Crippen LogP contribution in [-0.2, 0) is 11.3 Å². The number of nitrogens with zero attached hydrogens (tertiary/aromatic N) is 1. The van der Waals surface area contributed by atoms with Gasteiger partial charge in [0.15, 0.2) is 6.10 Å². The maximum atomic E-state index is 13.1. The lowest BCUT2D eigenvalue weighted by Crippen LogP contribution is -2.53. The van der Waals surface area contributed by atoms with E-state index in [2.05, 4.69) is 10.3 Å². The number of amides is 1. The molecule has 1 amide bonds. The van der Waals surface area contributed by atoms with Crippen LogP contribution in [0, 0.1) is 5.92 Å². The topological polar surface area (TPSA) is 137 Å². The number of fused-ring (bicyclic) bond motifs is 1. The third kappa shape index (κ3) is 5.06. The molecule has 0 radical (unpaired) electrons. The molecule has 2 unspecified atom stereocenters. The van der Waals surface area contributed by atoms with Crippen LogP contribution in [0.25, 0.3) is 22.2 Å². The second-order valence-corrected chi connectivity index (χ2v) is 7.81. The lowest BCUT2D eigenvalue weighted by atomic mass is 9.98. The molecule has 33 heavy (non-hydrogen) atoms. The minimum atomic E-state index is -4.96. The van der Waals surface area contributed by atoms with Gasteiger partial charge < -0.3 is 15.4 Å². The van der Waals surface area contributed by atoms with Crippen molar-refractivity contribution < 1.29 is 23.1 Å². The summed E-state index contributed by atoms with van der Waals surface area (Å²) in [6, 6.07) is 7.88. The molecule has 0 fully saturated rings. The zero-order chi connectivity index (χ0) is 24.5. The van der Waals surface area contributed by atoms with Crippen molar-refractivity contribution in [1.29, 1.82) is 0 Å². The number of nitrogens with one attached hydrogen (secondary N) is 3. The van der Waals surface area contributed by atoms with Crippen LogP contribution in [0.5, 0.6) is 0 Å². The summed E-state index contributed by atoms with van der Waals surface area (Å²) in [7, 11) is 0. The fourth-order valence-electron chi connectivity index (χ4n) is 3.46. The van der Waals surface area contributed by atoms with E-state index in [1.54, 1.807) is 30.3 Å². The van der Waals surface area contributed by atoms with Crippen molar-refractivity contribution in [1.82, 2.24) is 19.9 Å². The third-order valence-electron chi connectivity index (χ3n) is 5.10. The molecule has 1 aromatic carbocycles. The number of hydrogen-bond donors (Lipinski definition) is 4. The Labute approximate surface area is 183 Å². The smallest absolute Gasteiger partial charge is 0.382 e. The number of aromatic nitrogens is 3. The predicted molar refractivity (Wildman–Crippen MR) is 114 cm³/mol. The van der Waals surface area contributed by atoms with Gasteiger partial charge in [0.2, 0.25) is 5.91 Å². The molecule has 0 saturated heterocycles. The monoisotopic (exact) mass is 466 g/mol. The van der Waals surface area contributed by atoms with Gasteiger partial charge in [0.25, 0.3) is 11.1 Å². The average molecular weight is 466 g/mol. The van der Waals surface area contributed by atoms with Crippen molar-refractivity contribution in [3.05, 3.63) is 67.6 Å². The van der Waals surface area contributed by atoms with Gasteiger partial charge >= 0.3 is 11.9 Å². The summed E-state index contributed by atoms with van der Waals surface area (Å²) in [6.45, 7) is 2.07. The zero-order valence-corrected chi connectivity index (χ0v) is 17.6. The number of aromatic amines is 2. The van der Waals surface area contributed by atoms with E-state index in [1.165, 1.54) is 19.9 Å². The molecule has 0 aliphatic carbocycles. The average Bonchev–Trinajstić information content (AvgIpc) is 2.73. The highest BCUT2D eigenvalue weighted by molar-refractivity contribution is 5.83. The largest absolute Gasteiger partial charge is 0.416 e. The lowest BCUT2D eigenvalue weighted by molar-refractivity contribution is -0.215. The van der Waals surface area contributed by atoms with Gasteiger partial charge in [-0.2, -0.15) is 13.2 Å². The summed E-state index contributed by atoms with van der Waals surface area (Å²) >= 11 is 0. The van der Waals surface area contributed by atoms with Crippen LogP contribution >= 0.6 is 0 Å². The van der Waals surface area contributed by atoms with Crippen LogP contribution in [-0.4, -0.2) is 43.9 Å². The first-order valence-corrected chi connectivity index (χ1v) is 9.90. The number of halogens is 3. The molecule has 2 aromatic heterocycles. The van der Waals surface area contributed by atoms with Crippen LogP contribution in [0.15, 0.2) is 50.8 Å². The number of benzene rings is 1. The van der Waals surface area contributed by atoms with E-state index in [1.807, 2.05) is 4.98 Å². The van der Waals surface area contributed by atoms with E-state index in [0.717, 1.165) is 4.57 Å². The number of pyridine rings is 1. The van der Waals surface area contributed by atoms with Gasteiger partial charge in [-0.15, -0.1) is 0 Å². The van der Waals surface area contributed by atoms with E-state index in [9.17, 15) is 37.5 Å². The maximum Gasteiger partial charge on any atom is 0.416 e. The number of hydrogen-bond acceptors (Lipinski definition) is 5. The third-order valence-corrected chi connectivity index (χ3v) is 5.10. The van der Waals surface area contributed by atoms with Crippen molar-refractivity contribution in [2.24, 2.45) is 5.92 Å². The molecule has 0 bridgehead atoms. The van der Waals surface area contributed by atoms with E-state index in [-0.39, 0.29) is 16.6 Å². The van der Waals surface area contributed by atoms with Crippen molar-refractivity contribution >= 4 is 16.8 Å². The molecule has 0 aliphatic rings. The SMILES string of the molecule is CC(C)C(NC(=O)Cn1c(-c2ccccc2)cc2c(=O)[nH]c(=O)[nH]c2c1=O)C(O)C(F)(F)F. The van der Waals surface area contributed by atoms with Crippen LogP contribution < -0.4 is 22.1 Å². The minimum Gasteiger partial charge on any atom is -0.382 e. The Kier molecular flexibility index (Phi) is 6.58. The Morgan fingerprint density at radius 2 is 1.76 bits per heavy atom. The van der Waals surface area contributed by atoms with E-state index < -0.39 is 53.5 Å². The molecular weight excluding hydrogens is 445 g/mol. The van der Waals surface area contributed by atoms with Gasteiger partial charge in [0, 0.05) is 0 Å². The van der Waals surface area contributed by atoms with Gasteiger partial charge in [0.05, 0.1) is 17.1 Å². The first-order chi connectivity index (χ1) is 15.4. The number of carbonyl (C=O) groups excluding carboxylic acids is 1. The molecule has 0 spiro atoms. The van der Waals surface area contributed by atoms with Gasteiger partial charge in [-0.1, -0.05) is 44.2 Å². The first kappa shape index (κ1) is 24.0. The Morgan fingerprint density at radius 1 is 1.12 bits per heavy atom. The minimum absolute atomic E-state index is 0.123. The van der Waals surface area contributed by atoms with Crippen LogP contribution in [0.2, 0.25) is 0 Å². The van der Waals surface area contributed by atoms with Crippen molar-refractivity contribution in [2.75, 3.05) is 0 Å². The quantitative estimate of drug-likeness (QED) is 0.431. The zero-order valence-electron chi connectivity index (χ0n) is 17.6. The van der Waals surface area contributed by atoms with Crippen molar-refractivity contribution in [2.45, 2.75) is 38.7 Å². The van der Waals surface area contributed by atoms with E-state index in [0.29, 0.717) is 5.56 Å². The fraction of sp³-hybridized carbons (Fsp3) is 0.333. The normalized spacial score (nSPS) is 13.8. The van der Waals surface area contributed by atoms with Crippen LogP contribution in [0.4, 0.5) is 13.2 Å². The molecule has 3 aromatic rings. The summed E-state index contributed by atoms with van der Waals surface area (Å²) in [6.07, 6.45) is -7.77. The number of aliphatic hydroxyl groups is 1. The Balaban J connectivity index is 2.11. The Morgan fingerprint density at radius 3 is 2.33 bits per heavy atom. The number of rotatable bonds is 6. The Hall–Kier alpha value is -3.67. The van der Waals surface area contributed by atoms with Crippen LogP contribution in [0.3, 0.4) is 0 Å². The number of aliphatic hydroxyl groups excluding tert-OH is 1. The molecule has 2 heterocycles.